The van der Waals surface area contributed by atoms with Crippen molar-refractivity contribution in [3.05, 3.63) is 42.0 Å². The maximum Gasteiger partial charge on any atom is 0.573 e. The van der Waals surface area contributed by atoms with Crippen LogP contribution in [-0.2, 0) is 4.79 Å². The molecule has 120 valence electrons. The number of allylic oxidation sites excluding steroid dienone is 1. The number of nitrogens with one attached hydrogen (secondary N) is 1. The lowest BCUT2D eigenvalue weighted by Gasteiger charge is -2.14. The average Bonchev–Trinajstić information content (AvgIpc) is 2.41. The van der Waals surface area contributed by atoms with E-state index in [1.807, 2.05) is 0 Å². The summed E-state index contributed by atoms with van der Waals surface area (Å²) in [6, 6.07) is 3.22. The van der Waals surface area contributed by atoms with Gasteiger partial charge in [0.25, 0.3) is 5.91 Å². The van der Waals surface area contributed by atoms with Gasteiger partial charge in [0.1, 0.15) is 11.8 Å². The molecule has 0 aliphatic heterocycles. The van der Waals surface area contributed by atoms with Crippen LogP contribution in [0.2, 0.25) is 0 Å². The third-order valence-electron chi connectivity index (χ3n) is 2.54. The van der Waals surface area contributed by atoms with Gasteiger partial charge in [-0.25, -0.2) is 4.79 Å². The predicted octanol–water partition coefficient (Wildman–Crippen LogP) is 2.73. The second-order valence-corrected chi connectivity index (χ2v) is 4.24. The molecule has 0 heterocycles. The van der Waals surface area contributed by atoms with Crippen LogP contribution >= 0.6 is 0 Å². The number of carboxylic acids is 1. The van der Waals surface area contributed by atoms with Gasteiger partial charge in [0.2, 0.25) is 0 Å². The zero-order valence-corrected chi connectivity index (χ0v) is 11.6. The molecule has 0 aliphatic rings. The minimum Gasteiger partial charge on any atom is -0.480 e. The molecule has 2 N–H and O–H groups in total. The van der Waals surface area contributed by atoms with Crippen molar-refractivity contribution in [3.63, 3.8) is 0 Å². The fourth-order valence-corrected chi connectivity index (χ4v) is 1.57. The first-order valence-corrected chi connectivity index (χ1v) is 6.23. The highest BCUT2D eigenvalue weighted by Gasteiger charge is 2.31. The highest BCUT2D eigenvalue weighted by molar-refractivity contribution is 5.96. The van der Waals surface area contributed by atoms with Crippen LogP contribution in [0.15, 0.2) is 36.4 Å². The lowest BCUT2D eigenvalue weighted by Crippen LogP contribution is -2.40. The summed E-state index contributed by atoms with van der Waals surface area (Å²) in [7, 11) is 0. The van der Waals surface area contributed by atoms with Crippen LogP contribution < -0.4 is 10.1 Å². The molecule has 1 amide bonds. The fraction of sp³-hybridized carbons (Fsp3) is 0.286. The van der Waals surface area contributed by atoms with E-state index >= 15 is 0 Å². The third-order valence-corrected chi connectivity index (χ3v) is 2.54. The first-order valence-electron chi connectivity index (χ1n) is 6.23. The number of benzene rings is 1. The maximum absolute atomic E-state index is 12.1. The standard InChI is InChI=1S/C14H14F3NO4/c1-2-3-7-11(13(20)21)18-12(19)9-5-4-6-10(8-9)22-14(15,16)17/h2-6,8,11H,7H2,1H3,(H,18,19)(H,20,21)/b3-2+. The van der Waals surface area contributed by atoms with Crippen LogP contribution in [0.1, 0.15) is 23.7 Å². The lowest BCUT2D eigenvalue weighted by atomic mass is 10.1. The highest BCUT2D eigenvalue weighted by atomic mass is 19.4. The number of carbonyl (C=O) groups is 2. The number of carbonyl (C=O) groups excluding carboxylic acids is 1. The van der Waals surface area contributed by atoms with E-state index in [1.54, 1.807) is 19.1 Å². The monoisotopic (exact) mass is 317 g/mol. The van der Waals surface area contributed by atoms with Gasteiger partial charge in [0, 0.05) is 5.56 Å². The summed E-state index contributed by atoms with van der Waals surface area (Å²) >= 11 is 0. The van der Waals surface area contributed by atoms with E-state index in [0.29, 0.717) is 0 Å². The van der Waals surface area contributed by atoms with Crippen molar-refractivity contribution in [2.24, 2.45) is 0 Å². The van der Waals surface area contributed by atoms with Crippen molar-refractivity contribution in [2.45, 2.75) is 25.7 Å². The molecule has 0 saturated heterocycles. The van der Waals surface area contributed by atoms with Crippen LogP contribution in [-0.4, -0.2) is 29.4 Å². The van der Waals surface area contributed by atoms with E-state index in [1.165, 1.54) is 12.1 Å². The van der Waals surface area contributed by atoms with Crippen molar-refractivity contribution in [3.8, 4) is 5.75 Å². The molecule has 1 unspecified atom stereocenters. The van der Waals surface area contributed by atoms with E-state index in [9.17, 15) is 22.8 Å². The van der Waals surface area contributed by atoms with E-state index in [4.69, 9.17) is 5.11 Å². The van der Waals surface area contributed by atoms with Crippen molar-refractivity contribution in [1.82, 2.24) is 5.32 Å². The molecule has 0 radical (unpaired) electrons. The molecule has 1 aromatic carbocycles. The van der Waals surface area contributed by atoms with E-state index < -0.39 is 30.0 Å². The maximum atomic E-state index is 12.1. The number of halogens is 3. The van der Waals surface area contributed by atoms with Crippen molar-refractivity contribution in [1.29, 1.82) is 0 Å². The molecule has 22 heavy (non-hydrogen) atoms. The first kappa shape index (κ1) is 17.5. The Labute approximate surface area is 124 Å². The molecule has 5 nitrogen and oxygen atoms in total. The molecule has 0 fully saturated rings. The number of aliphatic carboxylic acids is 1. The quantitative estimate of drug-likeness (QED) is 0.791. The molecule has 0 aromatic heterocycles. The lowest BCUT2D eigenvalue weighted by molar-refractivity contribution is -0.274. The molecule has 0 saturated carbocycles. The van der Waals surface area contributed by atoms with E-state index in [2.05, 4.69) is 10.1 Å². The van der Waals surface area contributed by atoms with Crippen LogP contribution in [0.4, 0.5) is 13.2 Å². The van der Waals surface area contributed by atoms with Crippen molar-refractivity contribution in [2.75, 3.05) is 0 Å². The van der Waals surface area contributed by atoms with Crippen LogP contribution in [0.3, 0.4) is 0 Å². The number of hydrogen-bond donors (Lipinski definition) is 2. The van der Waals surface area contributed by atoms with Gasteiger partial charge in [-0.1, -0.05) is 18.2 Å². The van der Waals surface area contributed by atoms with Gasteiger partial charge in [-0.15, -0.1) is 13.2 Å². The van der Waals surface area contributed by atoms with Crippen molar-refractivity contribution >= 4 is 11.9 Å². The Kier molecular flexibility index (Phi) is 5.97. The summed E-state index contributed by atoms with van der Waals surface area (Å²) < 4.78 is 40.1. The van der Waals surface area contributed by atoms with Gasteiger partial charge in [0.15, 0.2) is 0 Å². The largest absolute Gasteiger partial charge is 0.573 e. The Bertz CT molecular complexity index is 569. The molecule has 1 atom stereocenters. The zero-order chi connectivity index (χ0) is 16.8. The second kappa shape index (κ2) is 7.48. The predicted molar refractivity (Wildman–Crippen MR) is 71.4 cm³/mol. The van der Waals surface area contributed by atoms with Gasteiger partial charge in [-0.05, 0) is 31.5 Å². The fourth-order valence-electron chi connectivity index (χ4n) is 1.57. The smallest absolute Gasteiger partial charge is 0.480 e. The minimum atomic E-state index is -4.87. The summed E-state index contributed by atoms with van der Waals surface area (Å²) in [5.74, 6) is -2.60. The Morgan fingerprint density at radius 3 is 2.64 bits per heavy atom. The Morgan fingerprint density at radius 1 is 1.41 bits per heavy atom. The number of alkyl halides is 3. The van der Waals surface area contributed by atoms with Gasteiger partial charge in [-0.2, -0.15) is 0 Å². The molecule has 0 aliphatic carbocycles. The Balaban J connectivity index is 2.84. The van der Waals surface area contributed by atoms with Crippen LogP contribution in [0, 0.1) is 0 Å². The van der Waals surface area contributed by atoms with Crippen molar-refractivity contribution < 1.29 is 32.6 Å². The average molecular weight is 317 g/mol. The molecule has 0 spiro atoms. The molecule has 1 rings (SSSR count). The highest BCUT2D eigenvalue weighted by Crippen LogP contribution is 2.23. The summed E-state index contributed by atoms with van der Waals surface area (Å²) in [4.78, 5) is 22.9. The van der Waals surface area contributed by atoms with Gasteiger partial charge in [-0.3, -0.25) is 4.79 Å². The third kappa shape index (κ3) is 5.86. The van der Waals surface area contributed by atoms with Crippen LogP contribution in [0.25, 0.3) is 0 Å². The normalized spacial score (nSPS) is 12.9. The topological polar surface area (TPSA) is 75.6 Å². The summed E-state index contributed by atoms with van der Waals surface area (Å²) in [6.07, 6.45) is -1.62. The number of carboxylic acid groups (broad SMARTS) is 1. The molecular formula is C14H14F3NO4. The van der Waals surface area contributed by atoms with E-state index in [0.717, 1.165) is 12.1 Å². The minimum absolute atomic E-state index is 0.0658. The molecule has 1 aromatic rings. The molecule has 8 heteroatoms. The summed E-state index contributed by atoms with van der Waals surface area (Å²) in [6.45, 7) is 1.69. The zero-order valence-electron chi connectivity index (χ0n) is 11.6. The summed E-state index contributed by atoms with van der Waals surface area (Å²) in [5.41, 5.74) is -0.131. The van der Waals surface area contributed by atoms with Gasteiger partial charge >= 0.3 is 12.3 Å². The Morgan fingerprint density at radius 2 is 2.09 bits per heavy atom. The number of hydrogen-bond acceptors (Lipinski definition) is 3. The van der Waals surface area contributed by atoms with Gasteiger partial charge in [0.05, 0.1) is 0 Å². The van der Waals surface area contributed by atoms with Crippen LogP contribution in [0.5, 0.6) is 5.75 Å². The SMILES string of the molecule is C/C=C/CC(NC(=O)c1cccc(OC(F)(F)F)c1)C(=O)O. The molecular weight excluding hydrogens is 303 g/mol. The van der Waals surface area contributed by atoms with Gasteiger partial charge < -0.3 is 15.2 Å². The molecule has 0 bridgehead atoms. The second-order valence-electron chi connectivity index (χ2n) is 4.24. The number of ether oxygens (including phenoxy) is 1. The number of amides is 1. The Hall–Kier alpha value is -2.51. The summed E-state index contributed by atoms with van der Waals surface area (Å²) in [5, 5.41) is 11.2. The first-order chi connectivity index (χ1) is 10.2. The van der Waals surface area contributed by atoms with E-state index in [-0.39, 0.29) is 12.0 Å². The number of rotatable bonds is 6.